The predicted octanol–water partition coefficient (Wildman–Crippen LogP) is 4.18. The number of nitrogens with zero attached hydrogens (tertiary/aromatic N) is 1. The van der Waals surface area contributed by atoms with Crippen LogP contribution in [0.4, 0.5) is 4.39 Å². The van der Waals surface area contributed by atoms with Crippen LogP contribution in [0.2, 0.25) is 0 Å². The van der Waals surface area contributed by atoms with E-state index in [4.69, 9.17) is 9.47 Å². The molecule has 1 aliphatic rings. The fraction of sp³-hybridized carbons (Fsp3) is 0.364. The van der Waals surface area contributed by atoms with Gasteiger partial charge in [0.05, 0.1) is 18.3 Å². The summed E-state index contributed by atoms with van der Waals surface area (Å²) in [7, 11) is 0. The average Bonchev–Trinajstić information content (AvgIpc) is 3.20. The Balaban J connectivity index is 1.56. The molecular formula is C22H24FNO4S. The Labute approximate surface area is 174 Å². The van der Waals surface area contributed by atoms with Crippen molar-refractivity contribution >= 4 is 23.6 Å². The molecule has 3 rings (SSSR count). The molecule has 0 unspecified atom stereocenters. The number of rotatable bonds is 7. The first kappa shape index (κ1) is 21.3. The van der Waals surface area contributed by atoms with Crippen molar-refractivity contribution in [1.82, 2.24) is 4.90 Å². The molecule has 0 aromatic heterocycles. The Morgan fingerprint density at radius 1 is 1.17 bits per heavy atom. The van der Waals surface area contributed by atoms with Crippen molar-refractivity contribution in [2.24, 2.45) is 0 Å². The molecule has 0 spiro atoms. The largest absolute Gasteiger partial charge is 0.452 e. The molecule has 1 amide bonds. The van der Waals surface area contributed by atoms with Gasteiger partial charge in [0.25, 0.3) is 5.91 Å². The third kappa shape index (κ3) is 5.58. The van der Waals surface area contributed by atoms with Gasteiger partial charge in [-0.05, 0) is 37.6 Å². The van der Waals surface area contributed by atoms with Gasteiger partial charge in [-0.3, -0.25) is 4.79 Å². The molecule has 29 heavy (non-hydrogen) atoms. The maximum atomic E-state index is 14.1. The maximum Gasteiger partial charge on any atom is 0.338 e. The van der Waals surface area contributed by atoms with E-state index in [9.17, 15) is 14.0 Å². The Morgan fingerprint density at radius 2 is 1.90 bits per heavy atom. The lowest BCUT2D eigenvalue weighted by Gasteiger charge is -2.24. The van der Waals surface area contributed by atoms with E-state index < -0.39 is 11.3 Å². The first-order valence-electron chi connectivity index (χ1n) is 9.49. The zero-order chi connectivity index (χ0) is 20.8. The zero-order valence-corrected chi connectivity index (χ0v) is 17.3. The van der Waals surface area contributed by atoms with Crippen molar-refractivity contribution in [2.45, 2.75) is 31.9 Å². The number of hydrogen-bond donors (Lipinski definition) is 0. The lowest BCUT2D eigenvalue weighted by atomic mass is 10.1. The smallest absolute Gasteiger partial charge is 0.338 e. The molecule has 7 heteroatoms. The molecule has 2 aromatic carbocycles. The van der Waals surface area contributed by atoms with E-state index in [0.717, 1.165) is 5.56 Å². The summed E-state index contributed by atoms with van der Waals surface area (Å²) in [6, 6.07) is 13.3. The highest BCUT2D eigenvalue weighted by molar-refractivity contribution is 7.99. The van der Waals surface area contributed by atoms with Crippen LogP contribution in [0.5, 0.6) is 0 Å². The molecule has 1 fully saturated rings. The summed E-state index contributed by atoms with van der Waals surface area (Å²) in [4.78, 5) is 26.4. The summed E-state index contributed by atoms with van der Waals surface area (Å²) in [6.45, 7) is 4.50. The van der Waals surface area contributed by atoms with Gasteiger partial charge in [-0.15, -0.1) is 11.8 Å². The highest BCUT2D eigenvalue weighted by Crippen LogP contribution is 2.38. The van der Waals surface area contributed by atoms with Crippen LogP contribution >= 0.6 is 11.8 Å². The number of benzene rings is 2. The van der Waals surface area contributed by atoms with Gasteiger partial charge < -0.3 is 14.4 Å². The summed E-state index contributed by atoms with van der Waals surface area (Å²) in [5, 5.41) is -0.400. The monoisotopic (exact) mass is 417 g/mol. The van der Waals surface area contributed by atoms with Crippen LogP contribution in [0.25, 0.3) is 0 Å². The minimum Gasteiger partial charge on any atom is -0.452 e. The first-order valence-corrected chi connectivity index (χ1v) is 10.5. The number of carbonyl (C=O) groups excluding carboxylic acids is 2. The molecule has 1 aliphatic heterocycles. The number of esters is 1. The van der Waals surface area contributed by atoms with E-state index in [2.05, 4.69) is 0 Å². The van der Waals surface area contributed by atoms with E-state index in [1.807, 2.05) is 13.8 Å². The molecule has 0 bridgehead atoms. The first-order chi connectivity index (χ1) is 14.0. The average molecular weight is 418 g/mol. The normalized spacial score (nSPS) is 16.3. The van der Waals surface area contributed by atoms with Gasteiger partial charge in [0.1, 0.15) is 11.2 Å². The minimum absolute atomic E-state index is 0.127. The molecule has 0 radical (unpaired) electrons. The van der Waals surface area contributed by atoms with Crippen LogP contribution in [0.15, 0.2) is 48.5 Å². The molecule has 1 atom stereocenters. The van der Waals surface area contributed by atoms with Crippen molar-refractivity contribution < 1.29 is 23.5 Å². The Kier molecular flexibility index (Phi) is 7.28. The quantitative estimate of drug-likeness (QED) is 0.633. The topological polar surface area (TPSA) is 55.8 Å². The van der Waals surface area contributed by atoms with Crippen LogP contribution in [-0.2, 0) is 20.9 Å². The summed E-state index contributed by atoms with van der Waals surface area (Å²) >= 11 is 1.50. The van der Waals surface area contributed by atoms with Crippen molar-refractivity contribution in [2.75, 3.05) is 18.9 Å². The third-order valence-corrected chi connectivity index (χ3v) is 5.72. The fourth-order valence-electron chi connectivity index (χ4n) is 2.95. The lowest BCUT2D eigenvalue weighted by molar-refractivity contribution is -0.134. The van der Waals surface area contributed by atoms with E-state index in [0.29, 0.717) is 30.0 Å². The summed E-state index contributed by atoms with van der Waals surface area (Å²) < 4.78 is 24.8. The molecule has 0 saturated carbocycles. The molecule has 5 nitrogen and oxygen atoms in total. The highest BCUT2D eigenvalue weighted by Gasteiger charge is 2.32. The number of hydrogen-bond acceptors (Lipinski definition) is 5. The highest BCUT2D eigenvalue weighted by atomic mass is 32.2. The molecular weight excluding hydrogens is 393 g/mol. The SMILES string of the molecule is CC(C)OCc1ccc(C(=O)OCC(=O)N2CCS[C@@H]2c2ccccc2F)cc1. The van der Waals surface area contributed by atoms with Gasteiger partial charge in [0, 0.05) is 17.9 Å². The Hall–Kier alpha value is -2.38. The van der Waals surface area contributed by atoms with Crippen LogP contribution in [-0.4, -0.2) is 41.8 Å². The number of amides is 1. The second-order valence-corrected chi connectivity index (χ2v) is 8.15. The van der Waals surface area contributed by atoms with Crippen molar-refractivity contribution in [3.8, 4) is 0 Å². The number of carbonyl (C=O) groups is 2. The predicted molar refractivity (Wildman–Crippen MR) is 110 cm³/mol. The minimum atomic E-state index is -0.566. The van der Waals surface area contributed by atoms with Crippen molar-refractivity contribution in [3.63, 3.8) is 0 Å². The summed E-state index contributed by atoms with van der Waals surface area (Å²) in [5.41, 5.74) is 1.79. The maximum absolute atomic E-state index is 14.1. The van der Waals surface area contributed by atoms with Gasteiger partial charge >= 0.3 is 5.97 Å². The van der Waals surface area contributed by atoms with Crippen molar-refractivity contribution in [3.05, 3.63) is 71.0 Å². The number of ether oxygens (including phenoxy) is 2. The van der Waals surface area contributed by atoms with Crippen LogP contribution in [0.1, 0.15) is 40.7 Å². The molecule has 2 aromatic rings. The number of halogens is 1. The summed E-state index contributed by atoms with van der Waals surface area (Å²) in [6.07, 6.45) is 0.127. The van der Waals surface area contributed by atoms with Gasteiger partial charge in [-0.1, -0.05) is 30.3 Å². The second kappa shape index (κ2) is 9.89. The van der Waals surface area contributed by atoms with E-state index in [1.165, 1.54) is 17.8 Å². The summed E-state index contributed by atoms with van der Waals surface area (Å²) in [5.74, 6) is -0.538. The molecule has 1 saturated heterocycles. The molecule has 154 valence electrons. The van der Waals surface area contributed by atoms with Gasteiger partial charge in [-0.2, -0.15) is 0 Å². The van der Waals surface area contributed by atoms with Crippen LogP contribution < -0.4 is 0 Å². The second-order valence-electron chi connectivity index (χ2n) is 6.96. The van der Waals surface area contributed by atoms with Gasteiger partial charge in [0.15, 0.2) is 6.61 Å². The van der Waals surface area contributed by atoms with Crippen molar-refractivity contribution in [1.29, 1.82) is 0 Å². The lowest BCUT2D eigenvalue weighted by Crippen LogP contribution is -2.34. The number of thioether (sulfide) groups is 1. The van der Waals surface area contributed by atoms with Gasteiger partial charge in [-0.25, -0.2) is 9.18 Å². The van der Waals surface area contributed by atoms with Gasteiger partial charge in [0.2, 0.25) is 0 Å². The Bertz CT molecular complexity index is 856. The van der Waals surface area contributed by atoms with Crippen LogP contribution in [0, 0.1) is 5.82 Å². The standard InChI is InChI=1S/C22H24FNO4S/c1-15(2)27-13-16-7-9-17(10-8-16)22(26)28-14-20(25)24-11-12-29-21(24)18-5-3-4-6-19(18)23/h3-10,15,21H,11-14H2,1-2H3/t21-/m1/s1. The molecule has 0 aliphatic carbocycles. The van der Waals surface area contributed by atoms with E-state index in [-0.39, 0.29) is 24.4 Å². The Morgan fingerprint density at radius 3 is 2.59 bits per heavy atom. The molecule has 0 N–H and O–H groups in total. The van der Waals surface area contributed by atoms with E-state index in [1.54, 1.807) is 47.4 Å². The fourth-order valence-corrected chi connectivity index (χ4v) is 4.25. The zero-order valence-electron chi connectivity index (χ0n) is 16.5. The van der Waals surface area contributed by atoms with E-state index >= 15 is 0 Å². The molecule has 1 heterocycles. The van der Waals surface area contributed by atoms with Crippen LogP contribution in [0.3, 0.4) is 0 Å². The third-order valence-electron chi connectivity index (χ3n) is 4.48.